The van der Waals surface area contributed by atoms with E-state index in [0.717, 1.165) is 23.5 Å². The lowest BCUT2D eigenvalue weighted by Gasteiger charge is -2.16. The molecule has 4 rings (SSSR count). The van der Waals surface area contributed by atoms with Crippen LogP contribution in [0.15, 0.2) is 60.9 Å². The van der Waals surface area contributed by atoms with E-state index in [1.54, 1.807) is 43.6 Å². The van der Waals surface area contributed by atoms with Crippen LogP contribution in [-0.4, -0.2) is 44.0 Å². The van der Waals surface area contributed by atoms with Crippen LogP contribution in [0.5, 0.6) is 0 Å². The Kier molecular flexibility index (Phi) is 5.65. The van der Waals surface area contributed by atoms with Crippen molar-refractivity contribution in [1.82, 2.24) is 24.5 Å². The van der Waals surface area contributed by atoms with E-state index in [4.69, 9.17) is 0 Å². The molecule has 9 heteroatoms. The summed E-state index contributed by atoms with van der Waals surface area (Å²) in [6, 6.07) is 13.4. The molecule has 4 aromatic rings. The molecule has 0 unspecified atom stereocenters. The van der Waals surface area contributed by atoms with E-state index < -0.39 is 17.8 Å². The summed E-state index contributed by atoms with van der Waals surface area (Å²) in [7, 11) is 1.59. The Morgan fingerprint density at radius 3 is 2.53 bits per heavy atom. The summed E-state index contributed by atoms with van der Waals surface area (Å²) in [6.45, 7) is 2.23. The van der Waals surface area contributed by atoms with E-state index in [2.05, 4.69) is 15.1 Å². The Morgan fingerprint density at radius 1 is 1.12 bits per heavy atom. The number of fused-ring (bicyclic) bond motifs is 1. The Hall–Kier alpha value is -3.75. The van der Waals surface area contributed by atoms with Gasteiger partial charge in [0.2, 0.25) is 0 Å². The molecule has 3 aromatic heterocycles. The number of nitrogens with zero attached hydrogens (tertiary/aromatic N) is 5. The van der Waals surface area contributed by atoms with Crippen molar-refractivity contribution in [3.05, 3.63) is 83.4 Å². The number of hydrogen-bond acceptors (Lipinski definition) is 4. The van der Waals surface area contributed by atoms with E-state index in [0.29, 0.717) is 23.0 Å². The molecule has 0 saturated heterocycles. The molecule has 0 bridgehead atoms. The van der Waals surface area contributed by atoms with Crippen LogP contribution in [-0.2, 0) is 12.6 Å². The summed E-state index contributed by atoms with van der Waals surface area (Å²) in [4.78, 5) is 23.0. The molecular formula is C23H20F3N5O. The summed E-state index contributed by atoms with van der Waals surface area (Å²) in [5.41, 5.74) is 1.31. The van der Waals surface area contributed by atoms with Gasteiger partial charge in [-0.3, -0.25) is 9.78 Å². The molecule has 1 amide bonds. The van der Waals surface area contributed by atoms with Gasteiger partial charge in [0, 0.05) is 37.5 Å². The first kappa shape index (κ1) is 21.5. The van der Waals surface area contributed by atoms with Crippen LogP contribution in [0, 0.1) is 6.92 Å². The first-order chi connectivity index (χ1) is 15.2. The maximum atomic E-state index is 13.8. The predicted molar refractivity (Wildman–Crippen MR) is 113 cm³/mol. The molecule has 0 N–H and O–H groups in total. The standard InChI is InChI=1S/C23H20F3N5O/c1-15-6-8-16(9-7-15)19-13-20(23(24,25)26)31-21(29-19)18(14-28-31)22(32)30(2)12-10-17-5-3-4-11-27-17/h3-9,11,13-14H,10,12H2,1-2H3. The molecule has 0 aliphatic rings. The van der Waals surface area contributed by atoms with E-state index in [1.807, 2.05) is 19.1 Å². The van der Waals surface area contributed by atoms with Gasteiger partial charge in [0.15, 0.2) is 11.3 Å². The van der Waals surface area contributed by atoms with Gasteiger partial charge >= 0.3 is 6.18 Å². The third kappa shape index (κ3) is 4.32. The van der Waals surface area contributed by atoms with Crippen LogP contribution in [0.4, 0.5) is 13.2 Å². The Bertz CT molecular complexity index is 1250. The topological polar surface area (TPSA) is 63.4 Å². The zero-order valence-corrected chi connectivity index (χ0v) is 17.5. The summed E-state index contributed by atoms with van der Waals surface area (Å²) >= 11 is 0. The first-order valence-electron chi connectivity index (χ1n) is 9.92. The van der Waals surface area contributed by atoms with Crippen molar-refractivity contribution in [3.63, 3.8) is 0 Å². The molecule has 0 aliphatic carbocycles. The molecule has 0 saturated carbocycles. The largest absolute Gasteiger partial charge is 0.433 e. The van der Waals surface area contributed by atoms with E-state index >= 15 is 0 Å². The minimum absolute atomic E-state index is 0.00739. The van der Waals surface area contributed by atoms with Crippen molar-refractivity contribution in [2.45, 2.75) is 19.5 Å². The number of halogens is 3. The van der Waals surface area contributed by atoms with Gasteiger partial charge in [0.1, 0.15) is 5.56 Å². The van der Waals surface area contributed by atoms with Crippen LogP contribution in [0.2, 0.25) is 0 Å². The molecule has 0 radical (unpaired) electrons. The molecule has 0 aliphatic heterocycles. The average molecular weight is 439 g/mol. The van der Waals surface area contributed by atoms with Crippen LogP contribution in [0.1, 0.15) is 27.3 Å². The zero-order valence-electron chi connectivity index (χ0n) is 17.5. The number of benzene rings is 1. The Balaban J connectivity index is 1.72. The van der Waals surface area contributed by atoms with Gasteiger partial charge in [-0.1, -0.05) is 35.9 Å². The maximum absolute atomic E-state index is 13.8. The quantitative estimate of drug-likeness (QED) is 0.462. The van der Waals surface area contributed by atoms with Crippen LogP contribution in [0.25, 0.3) is 16.9 Å². The molecular weight excluding hydrogens is 419 g/mol. The van der Waals surface area contributed by atoms with Crippen molar-refractivity contribution in [3.8, 4) is 11.3 Å². The highest BCUT2D eigenvalue weighted by Crippen LogP contribution is 2.33. The summed E-state index contributed by atoms with van der Waals surface area (Å²) in [6.07, 6.45) is -1.36. The number of pyridine rings is 1. The van der Waals surface area contributed by atoms with Gasteiger partial charge < -0.3 is 4.90 Å². The number of hydrogen-bond donors (Lipinski definition) is 0. The van der Waals surface area contributed by atoms with Crippen LogP contribution >= 0.6 is 0 Å². The Labute approximate surface area is 182 Å². The molecule has 0 atom stereocenters. The molecule has 1 aromatic carbocycles. The minimum Gasteiger partial charge on any atom is -0.341 e. The van der Waals surface area contributed by atoms with Crippen molar-refractivity contribution in [2.24, 2.45) is 0 Å². The van der Waals surface area contributed by atoms with Gasteiger partial charge in [-0.25, -0.2) is 9.50 Å². The normalized spacial score (nSPS) is 11.7. The number of aryl methyl sites for hydroxylation is 1. The van der Waals surface area contributed by atoms with E-state index in [1.165, 1.54) is 4.90 Å². The minimum atomic E-state index is -4.67. The Morgan fingerprint density at radius 2 is 1.88 bits per heavy atom. The smallest absolute Gasteiger partial charge is 0.341 e. The average Bonchev–Trinajstić information content (AvgIpc) is 3.20. The van der Waals surface area contributed by atoms with E-state index in [-0.39, 0.29) is 16.9 Å². The number of carbonyl (C=O) groups is 1. The number of alkyl halides is 3. The van der Waals surface area contributed by atoms with Gasteiger partial charge in [-0.05, 0) is 25.1 Å². The van der Waals surface area contributed by atoms with E-state index in [9.17, 15) is 18.0 Å². The number of carbonyl (C=O) groups excluding carboxylic acids is 1. The zero-order chi connectivity index (χ0) is 22.9. The monoisotopic (exact) mass is 439 g/mol. The summed E-state index contributed by atoms with van der Waals surface area (Å²) < 4.78 is 42.0. The van der Waals surface area contributed by atoms with Crippen molar-refractivity contribution in [1.29, 1.82) is 0 Å². The highest BCUT2D eigenvalue weighted by Gasteiger charge is 2.36. The van der Waals surface area contributed by atoms with Crippen molar-refractivity contribution in [2.75, 3.05) is 13.6 Å². The SMILES string of the molecule is Cc1ccc(-c2cc(C(F)(F)F)n3ncc(C(=O)N(C)CCc4ccccn4)c3n2)cc1. The molecule has 3 heterocycles. The molecule has 32 heavy (non-hydrogen) atoms. The number of amides is 1. The second-order valence-corrected chi connectivity index (χ2v) is 7.48. The summed E-state index contributed by atoms with van der Waals surface area (Å²) in [5, 5.41) is 3.83. The third-order valence-corrected chi connectivity index (χ3v) is 5.12. The highest BCUT2D eigenvalue weighted by molar-refractivity contribution is 5.99. The van der Waals surface area contributed by atoms with Crippen molar-refractivity contribution >= 4 is 11.6 Å². The lowest BCUT2D eigenvalue weighted by Crippen LogP contribution is -2.29. The highest BCUT2D eigenvalue weighted by atomic mass is 19.4. The maximum Gasteiger partial charge on any atom is 0.433 e. The fourth-order valence-electron chi connectivity index (χ4n) is 3.32. The molecule has 164 valence electrons. The number of rotatable bonds is 5. The van der Waals surface area contributed by atoms with Gasteiger partial charge in [0.05, 0.1) is 11.9 Å². The lowest BCUT2D eigenvalue weighted by atomic mass is 10.1. The lowest BCUT2D eigenvalue weighted by molar-refractivity contribution is -0.142. The summed E-state index contributed by atoms with van der Waals surface area (Å²) in [5.74, 6) is -0.461. The van der Waals surface area contributed by atoms with Crippen LogP contribution < -0.4 is 0 Å². The molecule has 0 fully saturated rings. The third-order valence-electron chi connectivity index (χ3n) is 5.12. The number of aromatic nitrogens is 4. The fraction of sp³-hybridized carbons (Fsp3) is 0.217. The van der Waals surface area contributed by atoms with Crippen LogP contribution in [0.3, 0.4) is 0 Å². The van der Waals surface area contributed by atoms with Crippen molar-refractivity contribution < 1.29 is 18.0 Å². The van der Waals surface area contributed by atoms with Gasteiger partial charge in [-0.15, -0.1) is 0 Å². The van der Waals surface area contributed by atoms with Gasteiger partial charge in [-0.2, -0.15) is 18.3 Å². The predicted octanol–water partition coefficient (Wildman–Crippen LogP) is 4.43. The number of likely N-dealkylation sites (N-methyl/N-ethyl adjacent to an activating group) is 1. The molecule has 0 spiro atoms. The van der Waals surface area contributed by atoms with Gasteiger partial charge in [0.25, 0.3) is 5.91 Å². The second kappa shape index (κ2) is 8.41. The molecule has 6 nitrogen and oxygen atoms in total. The fourth-order valence-corrected chi connectivity index (χ4v) is 3.32. The second-order valence-electron chi connectivity index (χ2n) is 7.48. The first-order valence-corrected chi connectivity index (χ1v) is 9.92.